The van der Waals surface area contributed by atoms with Crippen molar-refractivity contribution in [2.45, 2.75) is 13.8 Å². The smallest absolute Gasteiger partial charge is 0.266 e. The number of thioether (sulfide) groups is 1. The molecule has 1 aliphatic heterocycles. The fraction of sp³-hybridized carbons (Fsp3) is 0.208. The molecule has 0 aliphatic carbocycles. The second kappa shape index (κ2) is 11.4. The summed E-state index contributed by atoms with van der Waals surface area (Å²) in [6, 6.07) is 10.6. The van der Waals surface area contributed by atoms with E-state index in [-0.39, 0.29) is 18.4 Å². The van der Waals surface area contributed by atoms with Crippen molar-refractivity contribution in [1.29, 1.82) is 0 Å². The number of benzene rings is 2. The number of nitrogens with zero attached hydrogens (tertiary/aromatic N) is 1. The summed E-state index contributed by atoms with van der Waals surface area (Å²) in [5, 5.41) is 3.37. The van der Waals surface area contributed by atoms with Gasteiger partial charge in [-0.3, -0.25) is 14.5 Å². The topological polar surface area (TPSA) is 67.9 Å². The van der Waals surface area contributed by atoms with Gasteiger partial charge in [-0.2, -0.15) is 0 Å². The molecule has 1 aliphatic rings. The van der Waals surface area contributed by atoms with Crippen molar-refractivity contribution in [2.24, 2.45) is 0 Å². The largest absolute Gasteiger partial charge is 0.490 e. The number of rotatable bonds is 9. The van der Waals surface area contributed by atoms with Gasteiger partial charge in [0.05, 0.1) is 11.5 Å². The zero-order valence-corrected chi connectivity index (χ0v) is 20.6. The molecule has 0 unspecified atom stereocenters. The van der Waals surface area contributed by atoms with E-state index < -0.39 is 0 Å². The number of hydrogen-bond donors (Lipinski definition) is 1. The molecule has 6 nitrogen and oxygen atoms in total. The van der Waals surface area contributed by atoms with Gasteiger partial charge >= 0.3 is 0 Å². The van der Waals surface area contributed by atoms with Crippen LogP contribution in [0, 0.1) is 6.92 Å². The number of ether oxygens (including phenoxy) is 2. The molecule has 0 bridgehead atoms. The van der Waals surface area contributed by atoms with E-state index in [1.54, 1.807) is 48.6 Å². The van der Waals surface area contributed by atoms with E-state index >= 15 is 0 Å². The normalized spacial score (nSPS) is 14.5. The first-order valence-electron chi connectivity index (χ1n) is 10.1. The Morgan fingerprint density at radius 2 is 2.06 bits per heavy atom. The number of anilines is 1. The Morgan fingerprint density at radius 1 is 1.27 bits per heavy atom. The van der Waals surface area contributed by atoms with Crippen molar-refractivity contribution in [3.05, 3.63) is 70.1 Å². The summed E-state index contributed by atoms with van der Waals surface area (Å²) >= 11 is 12.6. The summed E-state index contributed by atoms with van der Waals surface area (Å²) < 4.78 is 11.9. The maximum absolute atomic E-state index is 12.6. The molecule has 1 saturated heterocycles. The average molecular weight is 503 g/mol. The second-order valence-electron chi connectivity index (χ2n) is 6.97. The lowest BCUT2D eigenvalue weighted by Crippen LogP contribution is -2.27. The van der Waals surface area contributed by atoms with Crippen molar-refractivity contribution in [3.63, 3.8) is 0 Å². The zero-order chi connectivity index (χ0) is 24.0. The van der Waals surface area contributed by atoms with Crippen LogP contribution in [0.25, 0.3) is 6.08 Å². The van der Waals surface area contributed by atoms with Gasteiger partial charge in [0.2, 0.25) is 0 Å². The van der Waals surface area contributed by atoms with Crippen LogP contribution in [0.3, 0.4) is 0 Å². The number of nitrogens with one attached hydrogen (secondary N) is 1. The number of halogens is 1. The third-order valence-corrected chi connectivity index (χ3v) is 6.44. The maximum Gasteiger partial charge on any atom is 0.266 e. The molecule has 2 aromatic carbocycles. The summed E-state index contributed by atoms with van der Waals surface area (Å²) in [7, 11) is 0. The van der Waals surface area contributed by atoms with E-state index in [9.17, 15) is 9.59 Å². The van der Waals surface area contributed by atoms with Crippen molar-refractivity contribution in [2.75, 3.05) is 25.1 Å². The van der Waals surface area contributed by atoms with Gasteiger partial charge in [-0.15, -0.1) is 6.58 Å². The monoisotopic (exact) mass is 502 g/mol. The summed E-state index contributed by atoms with van der Waals surface area (Å²) in [5.41, 5.74) is 2.17. The van der Waals surface area contributed by atoms with Gasteiger partial charge in [0.15, 0.2) is 18.1 Å². The minimum Gasteiger partial charge on any atom is -0.490 e. The predicted octanol–water partition coefficient (Wildman–Crippen LogP) is 5.45. The van der Waals surface area contributed by atoms with Crippen LogP contribution in [0.1, 0.15) is 18.1 Å². The first-order valence-corrected chi connectivity index (χ1v) is 11.7. The average Bonchev–Trinajstić information content (AvgIpc) is 3.04. The molecule has 1 heterocycles. The highest BCUT2D eigenvalue weighted by atomic mass is 35.5. The highest BCUT2D eigenvalue weighted by Crippen LogP contribution is 2.35. The van der Waals surface area contributed by atoms with Gasteiger partial charge in [-0.25, -0.2) is 0 Å². The minimum absolute atomic E-state index is 0.156. The lowest BCUT2D eigenvalue weighted by atomic mass is 10.2. The first kappa shape index (κ1) is 24.8. The molecule has 0 spiro atoms. The fourth-order valence-corrected chi connectivity index (χ4v) is 4.46. The van der Waals surface area contributed by atoms with Crippen LogP contribution in [-0.2, 0) is 9.59 Å². The van der Waals surface area contributed by atoms with E-state index in [1.165, 1.54) is 16.7 Å². The lowest BCUT2D eigenvalue weighted by molar-refractivity contribution is -0.121. The van der Waals surface area contributed by atoms with Gasteiger partial charge in [0.25, 0.3) is 11.8 Å². The van der Waals surface area contributed by atoms with Crippen LogP contribution in [0.4, 0.5) is 5.69 Å². The molecule has 0 radical (unpaired) electrons. The molecule has 0 saturated carbocycles. The molecule has 1 fully saturated rings. The van der Waals surface area contributed by atoms with Crippen molar-refractivity contribution < 1.29 is 19.1 Å². The second-order valence-corrected chi connectivity index (χ2v) is 9.05. The highest BCUT2D eigenvalue weighted by Gasteiger charge is 2.31. The number of carbonyl (C=O) groups excluding carboxylic acids is 2. The van der Waals surface area contributed by atoms with Gasteiger partial charge in [0.1, 0.15) is 4.32 Å². The maximum atomic E-state index is 12.6. The Balaban J connectivity index is 1.72. The molecule has 9 heteroatoms. The molecular formula is C24H23ClN2O4S2. The molecule has 33 heavy (non-hydrogen) atoms. The summed E-state index contributed by atoms with van der Waals surface area (Å²) in [5.74, 6) is 0.416. The zero-order valence-electron chi connectivity index (χ0n) is 18.2. The van der Waals surface area contributed by atoms with Crippen molar-refractivity contribution >= 4 is 63.5 Å². The third-order valence-electron chi connectivity index (χ3n) is 4.65. The van der Waals surface area contributed by atoms with Gasteiger partial charge in [0, 0.05) is 17.3 Å². The number of amides is 2. The summed E-state index contributed by atoms with van der Waals surface area (Å²) in [4.78, 5) is 26.9. The van der Waals surface area contributed by atoms with Gasteiger partial charge < -0.3 is 14.8 Å². The molecular weight excluding hydrogens is 480 g/mol. The van der Waals surface area contributed by atoms with E-state index in [1.807, 2.05) is 13.8 Å². The summed E-state index contributed by atoms with van der Waals surface area (Å²) in [6.07, 6.45) is 3.39. The standard InChI is InChI=1S/C24H23ClN2O4S2/c1-4-11-27-23(29)21(33-24(27)32)13-16-9-10-19(20(12-16)30-5-2)31-14-22(28)26-18-8-6-7-17(25)15(18)3/h4,6-10,12-13H,1,5,11,14H2,2-3H3,(H,26,28)/b21-13-. The van der Waals surface area contributed by atoms with E-state index in [2.05, 4.69) is 11.9 Å². The van der Waals surface area contributed by atoms with Gasteiger partial charge in [-0.1, -0.05) is 53.8 Å². The molecule has 3 rings (SSSR count). The molecule has 2 amide bonds. The summed E-state index contributed by atoms with van der Waals surface area (Å²) in [6.45, 7) is 7.92. The van der Waals surface area contributed by atoms with Gasteiger partial charge in [-0.05, 0) is 55.3 Å². The highest BCUT2D eigenvalue weighted by molar-refractivity contribution is 8.26. The Morgan fingerprint density at radius 3 is 2.79 bits per heavy atom. The van der Waals surface area contributed by atoms with Crippen molar-refractivity contribution in [3.8, 4) is 11.5 Å². The Kier molecular flexibility index (Phi) is 8.55. The Bertz CT molecular complexity index is 1130. The van der Waals surface area contributed by atoms with Crippen LogP contribution in [0.2, 0.25) is 5.02 Å². The number of carbonyl (C=O) groups is 2. The lowest BCUT2D eigenvalue weighted by Gasteiger charge is -2.14. The molecule has 172 valence electrons. The Hall–Kier alpha value is -2.81. The van der Waals surface area contributed by atoms with Crippen LogP contribution in [0.15, 0.2) is 54.0 Å². The molecule has 0 aromatic heterocycles. The minimum atomic E-state index is -0.321. The third kappa shape index (κ3) is 6.16. The van der Waals surface area contributed by atoms with Crippen LogP contribution >= 0.6 is 35.6 Å². The number of hydrogen-bond acceptors (Lipinski definition) is 6. The SMILES string of the molecule is C=CCN1C(=O)/C(=C/c2ccc(OCC(=O)Nc3cccc(Cl)c3C)c(OCC)c2)SC1=S. The fourth-order valence-electron chi connectivity index (χ4n) is 3.01. The number of thiocarbonyl (C=S) groups is 1. The molecule has 0 atom stereocenters. The molecule has 2 aromatic rings. The predicted molar refractivity (Wildman–Crippen MR) is 138 cm³/mol. The Labute approximate surface area is 207 Å². The van der Waals surface area contributed by atoms with Crippen LogP contribution in [-0.4, -0.2) is 40.8 Å². The van der Waals surface area contributed by atoms with E-state index in [0.717, 1.165) is 11.1 Å². The van der Waals surface area contributed by atoms with E-state index in [0.29, 0.717) is 44.6 Å². The van der Waals surface area contributed by atoms with E-state index in [4.69, 9.17) is 33.3 Å². The first-order chi connectivity index (χ1) is 15.8. The van der Waals surface area contributed by atoms with Crippen LogP contribution < -0.4 is 14.8 Å². The van der Waals surface area contributed by atoms with Crippen molar-refractivity contribution in [1.82, 2.24) is 4.90 Å². The quantitative estimate of drug-likeness (QED) is 0.279. The van der Waals surface area contributed by atoms with Crippen LogP contribution in [0.5, 0.6) is 11.5 Å². The molecule has 1 N–H and O–H groups in total.